The Labute approximate surface area is 84.7 Å². The van der Waals surface area contributed by atoms with Gasteiger partial charge in [0.1, 0.15) is 0 Å². The molecular formula is C11H18N2O. The Kier molecular flexibility index (Phi) is 2.83. The molecule has 0 bridgehead atoms. The number of hydrogen-bond donors (Lipinski definition) is 3. The Morgan fingerprint density at radius 2 is 1.71 bits per heavy atom. The van der Waals surface area contributed by atoms with Gasteiger partial charge in [0.2, 0.25) is 0 Å². The molecule has 78 valence electrons. The molecule has 3 nitrogen and oxygen atoms in total. The third-order valence-corrected chi connectivity index (χ3v) is 2.58. The van der Waals surface area contributed by atoms with Crippen molar-refractivity contribution in [1.29, 1.82) is 0 Å². The minimum atomic E-state index is -0.691. The maximum atomic E-state index is 9.14. The molecule has 0 saturated heterocycles. The number of aryl methyl sites for hydroxylation is 2. The zero-order chi connectivity index (χ0) is 10.9. The Morgan fingerprint density at radius 3 is 2.07 bits per heavy atom. The van der Waals surface area contributed by atoms with Crippen LogP contribution in [0.15, 0.2) is 12.1 Å². The Balaban J connectivity index is 3.26. The van der Waals surface area contributed by atoms with Gasteiger partial charge in [0.15, 0.2) is 0 Å². The lowest BCUT2D eigenvalue weighted by atomic mass is 9.90. The molecule has 0 aromatic heterocycles. The molecule has 0 aliphatic rings. The first-order chi connectivity index (χ1) is 6.38. The molecule has 1 aromatic rings. The molecule has 0 saturated carbocycles. The van der Waals surface area contributed by atoms with E-state index in [2.05, 4.69) is 0 Å². The quantitative estimate of drug-likeness (QED) is 0.616. The number of aliphatic hydroxyl groups is 1. The zero-order valence-electron chi connectivity index (χ0n) is 8.96. The zero-order valence-corrected chi connectivity index (χ0v) is 8.96. The molecule has 0 amide bonds. The van der Waals surface area contributed by atoms with Crippen molar-refractivity contribution in [2.75, 3.05) is 12.3 Å². The molecule has 0 fully saturated rings. The van der Waals surface area contributed by atoms with Crippen molar-refractivity contribution < 1.29 is 5.11 Å². The van der Waals surface area contributed by atoms with Gasteiger partial charge >= 0.3 is 0 Å². The standard InChI is InChI=1S/C11H18N2O/c1-7-4-9(11(3,13)6-14)5-8(2)10(7)12/h4-5,14H,6,12-13H2,1-3H3/t11-/m1/s1. The molecule has 14 heavy (non-hydrogen) atoms. The summed E-state index contributed by atoms with van der Waals surface area (Å²) >= 11 is 0. The molecule has 0 spiro atoms. The van der Waals surface area contributed by atoms with Crippen LogP contribution in [0.1, 0.15) is 23.6 Å². The van der Waals surface area contributed by atoms with E-state index in [1.54, 1.807) is 6.92 Å². The van der Waals surface area contributed by atoms with Crippen LogP contribution in [0.5, 0.6) is 0 Å². The number of nitrogen functional groups attached to an aromatic ring is 1. The van der Waals surface area contributed by atoms with E-state index in [1.807, 2.05) is 26.0 Å². The predicted molar refractivity (Wildman–Crippen MR) is 59.0 cm³/mol. The van der Waals surface area contributed by atoms with Gasteiger partial charge in [0.25, 0.3) is 0 Å². The van der Waals surface area contributed by atoms with Gasteiger partial charge in [-0.2, -0.15) is 0 Å². The topological polar surface area (TPSA) is 72.3 Å². The van der Waals surface area contributed by atoms with Gasteiger partial charge in [-0.15, -0.1) is 0 Å². The monoisotopic (exact) mass is 194 g/mol. The molecule has 5 N–H and O–H groups in total. The first-order valence-electron chi connectivity index (χ1n) is 4.65. The van der Waals surface area contributed by atoms with E-state index in [-0.39, 0.29) is 6.61 Å². The molecule has 0 aliphatic carbocycles. The smallest absolute Gasteiger partial charge is 0.0650 e. The van der Waals surface area contributed by atoms with E-state index in [0.717, 1.165) is 22.4 Å². The fraction of sp³-hybridized carbons (Fsp3) is 0.455. The SMILES string of the molecule is Cc1cc([C@](C)(N)CO)cc(C)c1N. The first kappa shape index (κ1) is 11.0. The summed E-state index contributed by atoms with van der Waals surface area (Å²) in [5.74, 6) is 0. The molecule has 1 atom stereocenters. The minimum absolute atomic E-state index is 0.0736. The Hall–Kier alpha value is -1.06. The van der Waals surface area contributed by atoms with Crippen LogP contribution in [-0.2, 0) is 5.54 Å². The fourth-order valence-corrected chi connectivity index (χ4v) is 1.40. The van der Waals surface area contributed by atoms with Crippen molar-refractivity contribution in [3.8, 4) is 0 Å². The lowest BCUT2D eigenvalue weighted by Crippen LogP contribution is -2.37. The van der Waals surface area contributed by atoms with Crippen LogP contribution in [0, 0.1) is 13.8 Å². The van der Waals surface area contributed by atoms with Gasteiger partial charge < -0.3 is 16.6 Å². The second kappa shape index (κ2) is 3.59. The lowest BCUT2D eigenvalue weighted by molar-refractivity contribution is 0.210. The van der Waals surface area contributed by atoms with Crippen molar-refractivity contribution in [1.82, 2.24) is 0 Å². The average molecular weight is 194 g/mol. The number of nitrogens with two attached hydrogens (primary N) is 2. The van der Waals surface area contributed by atoms with Gasteiger partial charge in [-0.05, 0) is 37.5 Å². The van der Waals surface area contributed by atoms with Crippen LogP contribution in [0.4, 0.5) is 5.69 Å². The molecule has 0 aliphatic heterocycles. The van der Waals surface area contributed by atoms with Gasteiger partial charge in [-0.3, -0.25) is 0 Å². The highest BCUT2D eigenvalue weighted by Crippen LogP contribution is 2.24. The van der Waals surface area contributed by atoms with Crippen LogP contribution in [0.25, 0.3) is 0 Å². The predicted octanol–water partition coefficient (Wildman–Crippen LogP) is 1.05. The Bertz CT molecular complexity index is 322. The van der Waals surface area contributed by atoms with Crippen LogP contribution in [-0.4, -0.2) is 11.7 Å². The van der Waals surface area contributed by atoms with Gasteiger partial charge in [-0.1, -0.05) is 12.1 Å². The van der Waals surface area contributed by atoms with Crippen molar-refractivity contribution in [2.45, 2.75) is 26.3 Å². The molecule has 0 heterocycles. The van der Waals surface area contributed by atoms with E-state index in [0.29, 0.717) is 0 Å². The van der Waals surface area contributed by atoms with E-state index in [4.69, 9.17) is 16.6 Å². The second-order valence-corrected chi connectivity index (χ2v) is 4.10. The molecule has 1 aromatic carbocycles. The minimum Gasteiger partial charge on any atom is -0.398 e. The fourth-order valence-electron chi connectivity index (χ4n) is 1.40. The van der Waals surface area contributed by atoms with Gasteiger partial charge in [-0.25, -0.2) is 0 Å². The third kappa shape index (κ3) is 1.89. The highest BCUT2D eigenvalue weighted by molar-refractivity contribution is 5.55. The summed E-state index contributed by atoms with van der Waals surface area (Å²) in [5, 5.41) is 9.14. The van der Waals surface area contributed by atoms with Crippen LogP contribution >= 0.6 is 0 Å². The van der Waals surface area contributed by atoms with Gasteiger partial charge in [0, 0.05) is 5.69 Å². The number of rotatable bonds is 2. The number of anilines is 1. The molecule has 1 rings (SSSR count). The molecule has 0 unspecified atom stereocenters. The number of aliphatic hydroxyl groups excluding tert-OH is 1. The lowest BCUT2D eigenvalue weighted by Gasteiger charge is -2.24. The number of benzene rings is 1. The molecule has 3 heteroatoms. The average Bonchev–Trinajstić information content (AvgIpc) is 2.13. The summed E-state index contributed by atoms with van der Waals surface area (Å²) in [6.07, 6.45) is 0. The second-order valence-electron chi connectivity index (χ2n) is 4.10. The summed E-state index contributed by atoms with van der Waals surface area (Å²) < 4.78 is 0. The highest BCUT2D eigenvalue weighted by Gasteiger charge is 2.20. The summed E-state index contributed by atoms with van der Waals surface area (Å²) in [5.41, 5.74) is 14.8. The van der Waals surface area contributed by atoms with Crippen LogP contribution < -0.4 is 11.5 Å². The van der Waals surface area contributed by atoms with Crippen LogP contribution in [0.3, 0.4) is 0 Å². The largest absolute Gasteiger partial charge is 0.398 e. The van der Waals surface area contributed by atoms with E-state index in [9.17, 15) is 0 Å². The first-order valence-corrected chi connectivity index (χ1v) is 4.65. The Morgan fingerprint density at radius 1 is 1.29 bits per heavy atom. The summed E-state index contributed by atoms with van der Waals surface area (Å²) in [7, 11) is 0. The maximum Gasteiger partial charge on any atom is 0.0650 e. The normalized spacial score (nSPS) is 15.2. The molecular weight excluding hydrogens is 176 g/mol. The molecule has 0 radical (unpaired) electrons. The maximum absolute atomic E-state index is 9.14. The van der Waals surface area contributed by atoms with E-state index < -0.39 is 5.54 Å². The van der Waals surface area contributed by atoms with E-state index >= 15 is 0 Å². The van der Waals surface area contributed by atoms with Gasteiger partial charge in [0.05, 0.1) is 12.1 Å². The van der Waals surface area contributed by atoms with E-state index in [1.165, 1.54) is 0 Å². The summed E-state index contributed by atoms with van der Waals surface area (Å²) in [4.78, 5) is 0. The summed E-state index contributed by atoms with van der Waals surface area (Å²) in [6, 6.07) is 3.86. The number of hydrogen-bond acceptors (Lipinski definition) is 3. The van der Waals surface area contributed by atoms with Crippen molar-refractivity contribution in [3.05, 3.63) is 28.8 Å². The van der Waals surface area contributed by atoms with Crippen molar-refractivity contribution in [2.24, 2.45) is 5.73 Å². The van der Waals surface area contributed by atoms with Crippen molar-refractivity contribution >= 4 is 5.69 Å². The third-order valence-electron chi connectivity index (χ3n) is 2.58. The summed E-state index contributed by atoms with van der Waals surface area (Å²) in [6.45, 7) is 5.62. The highest BCUT2D eigenvalue weighted by atomic mass is 16.3. The van der Waals surface area contributed by atoms with Crippen molar-refractivity contribution in [3.63, 3.8) is 0 Å². The van der Waals surface area contributed by atoms with Crippen LogP contribution in [0.2, 0.25) is 0 Å².